The first kappa shape index (κ1) is 12.7. The van der Waals surface area contributed by atoms with Crippen LogP contribution in [-0.2, 0) is 0 Å². The number of allylic oxidation sites excluding steroid dienone is 1. The zero-order chi connectivity index (χ0) is 14.1. The van der Waals surface area contributed by atoms with E-state index in [0.29, 0.717) is 11.4 Å². The highest BCUT2D eigenvalue weighted by atomic mass is 32.2. The van der Waals surface area contributed by atoms with Gasteiger partial charge in [0.25, 0.3) is 5.69 Å². The first-order chi connectivity index (χ1) is 9.69. The summed E-state index contributed by atoms with van der Waals surface area (Å²) in [6, 6.07) is 6.36. The zero-order valence-electron chi connectivity index (χ0n) is 10.6. The van der Waals surface area contributed by atoms with Gasteiger partial charge in [-0.1, -0.05) is 36.0 Å². The minimum Gasteiger partial charge on any atom is -0.305 e. The summed E-state index contributed by atoms with van der Waals surface area (Å²) in [7, 11) is 0. The highest BCUT2D eigenvalue weighted by Gasteiger charge is 2.25. The number of non-ortho nitro benzene ring substituents is 1. The molecule has 8 heteroatoms. The van der Waals surface area contributed by atoms with Crippen LogP contribution in [0.25, 0.3) is 11.4 Å². The van der Waals surface area contributed by atoms with Crippen molar-refractivity contribution in [2.24, 2.45) is 0 Å². The minimum absolute atomic E-state index is 0.0375. The molecule has 1 atom stereocenters. The van der Waals surface area contributed by atoms with Gasteiger partial charge in [-0.15, -0.1) is 10.2 Å². The second-order valence-corrected chi connectivity index (χ2v) is 5.25. The average molecular weight is 289 g/mol. The monoisotopic (exact) mass is 289 g/mol. The summed E-state index contributed by atoms with van der Waals surface area (Å²) in [5.41, 5.74) is 3.93. The van der Waals surface area contributed by atoms with Gasteiger partial charge in [-0.2, -0.15) is 0 Å². The lowest BCUT2D eigenvalue weighted by Gasteiger charge is -2.07. The Hall–Kier alpha value is -2.35. The van der Waals surface area contributed by atoms with E-state index in [1.165, 1.54) is 12.1 Å². The number of nitro groups is 1. The van der Waals surface area contributed by atoms with Gasteiger partial charge in [-0.25, -0.2) is 4.68 Å². The van der Waals surface area contributed by atoms with E-state index in [1.807, 2.05) is 19.1 Å². The number of thioether (sulfide) groups is 1. The molecule has 20 heavy (non-hydrogen) atoms. The van der Waals surface area contributed by atoms with Crippen molar-refractivity contribution in [1.82, 2.24) is 14.9 Å². The molecule has 1 aromatic heterocycles. The molecule has 2 heterocycles. The van der Waals surface area contributed by atoms with Gasteiger partial charge >= 0.3 is 0 Å². The summed E-state index contributed by atoms with van der Waals surface area (Å²) >= 11 is 1.54. The SMILES string of the molecule is C/C=C/[C@@H]1Nn2c(nnc2-c2cccc([N+](=O)[O-])c2)S1. The Labute approximate surface area is 118 Å². The van der Waals surface area contributed by atoms with Crippen LogP contribution in [0.3, 0.4) is 0 Å². The molecule has 1 aromatic carbocycles. The summed E-state index contributed by atoms with van der Waals surface area (Å²) in [5, 5.41) is 19.8. The Morgan fingerprint density at radius 2 is 2.35 bits per heavy atom. The fourth-order valence-corrected chi connectivity index (χ4v) is 2.89. The number of fused-ring (bicyclic) bond motifs is 1. The molecule has 1 aliphatic rings. The maximum absolute atomic E-state index is 10.8. The molecule has 0 saturated carbocycles. The summed E-state index contributed by atoms with van der Waals surface area (Å²) in [4.78, 5) is 10.4. The molecule has 1 N–H and O–H groups in total. The number of rotatable bonds is 3. The van der Waals surface area contributed by atoms with Crippen LogP contribution in [0.1, 0.15) is 6.92 Å². The van der Waals surface area contributed by atoms with Crippen LogP contribution in [0.4, 0.5) is 5.69 Å². The standard InChI is InChI=1S/C12H11N5O2S/c1-2-4-10-15-16-11(13-14-12(16)20-10)8-5-3-6-9(7-8)17(18)19/h2-7,10,15H,1H3/b4-2+/t10-/m1/s1. The van der Waals surface area contributed by atoms with Crippen LogP contribution < -0.4 is 5.43 Å². The van der Waals surface area contributed by atoms with Crippen LogP contribution >= 0.6 is 11.8 Å². The highest BCUT2D eigenvalue weighted by molar-refractivity contribution is 8.00. The first-order valence-electron chi connectivity index (χ1n) is 5.95. The smallest absolute Gasteiger partial charge is 0.270 e. The van der Waals surface area contributed by atoms with Gasteiger partial charge in [-0.3, -0.25) is 10.1 Å². The van der Waals surface area contributed by atoms with Crippen molar-refractivity contribution in [2.45, 2.75) is 17.5 Å². The molecule has 0 saturated heterocycles. The molecule has 0 aliphatic carbocycles. The molecule has 0 bridgehead atoms. The number of nitrogens with one attached hydrogen (secondary N) is 1. The van der Waals surface area contributed by atoms with Gasteiger partial charge in [-0.05, 0) is 6.92 Å². The lowest BCUT2D eigenvalue weighted by molar-refractivity contribution is -0.384. The Morgan fingerprint density at radius 3 is 3.10 bits per heavy atom. The second kappa shape index (κ2) is 4.97. The van der Waals surface area contributed by atoms with Crippen molar-refractivity contribution in [1.29, 1.82) is 0 Å². The number of nitrogens with zero attached hydrogens (tertiary/aromatic N) is 4. The lowest BCUT2D eigenvalue weighted by atomic mass is 10.2. The molecule has 0 fully saturated rings. The van der Waals surface area contributed by atoms with Crippen molar-refractivity contribution in [3.05, 3.63) is 46.5 Å². The molecule has 1 aliphatic heterocycles. The molecule has 0 unspecified atom stereocenters. The number of nitro benzene ring substituents is 1. The van der Waals surface area contributed by atoms with Gasteiger partial charge < -0.3 is 5.43 Å². The van der Waals surface area contributed by atoms with Crippen LogP contribution in [0.5, 0.6) is 0 Å². The predicted molar refractivity (Wildman–Crippen MR) is 75.9 cm³/mol. The predicted octanol–water partition coefficient (Wildman–Crippen LogP) is 2.40. The van der Waals surface area contributed by atoms with E-state index < -0.39 is 4.92 Å². The van der Waals surface area contributed by atoms with Gasteiger partial charge in [0.2, 0.25) is 5.16 Å². The van der Waals surface area contributed by atoms with Crippen LogP contribution in [0.15, 0.2) is 41.6 Å². The van der Waals surface area contributed by atoms with Gasteiger partial charge in [0.15, 0.2) is 5.82 Å². The van der Waals surface area contributed by atoms with E-state index in [4.69, 9.17) is 0 Å². The minimum atomic E-state index is -0.421. The summed E-state index contributed by atoms with van der Waals surface area (Å²) in [5.74, 6) is 0.572. The van der Waals surface area contributed by atoms with Gasteiger partial charge in [0, 0.05) is 17.7 Å². The highest BCUT2D eigenvalue weighted by Crippen LogP contribution is 2.32. The Kier molecular flexibility index (Phi) is 3.15. The van der Waals surface area contributed by atoms with Gasteiger partial charge in [0.05, 0.1) is 4.92 Å². The molecular weight excluding hydrogens is 278 g/mol. The number of aromatic nitrogens is 3. The van der Waals surface area contributed by atoms with E-state index in [2.05, 4.69) is 15.6 Å². The first-order valence-corrected chi connectivity index (χ1v) is 6.83. The van der Waals surface area contributed by atoms with Crippen LogP contribution in [-0.4, -0.2) is 25.2 Å². The van der Waals surface area contributed by atoms with E-state index in [9.17, 15) is 10.1 Å². The fraction of sp³-hybridized carbons (Fsp3) is 0.167. The maximum Gasteiger partial charge on any atom is 0.270 e. The van der Waals surface area contributed by atoms with Crippen molar-refractivity contribution < 1.29 is 4.92 Å². The topological polar surface area (TPSA) is 85.9 Å². The molecule has 2 aromatic rings. The maximum atomic E-state index is 10.8. The molecule has 0 spiro atoms. The van der Waals surface area contributed by atoms with Crippen molar-refractivity contribution in [3.8, 4) is 11.4 Å². The molecule has 3 rings (SSSR count). The van der Waals surface area contributed by atoms with E-state index in [-0.39, 0.29) is 11.1 Å². The molecule has 0 amide bonds. The number of hydrogen-bond acceptors (Lipinski definition) is 6. The van der Waals surface area contributed by atoms with E-state index in [1.54, 1.807) is 28.6 Å². The Bertz CT molecular complexity index is 697. The molecule has 7 nitrogen and oxygen atoms in total. The van der Waals surface area contributed by atoms with Gasteiger partial charge in [0.1, 0.15) is 5.37 Å². The van der Waals surface area contributed by atoms with Crippen molar-refractivity contribution in [2.75, 3.05) is 5.43 Å². The van der Waals surface area contributed by atoms with Crippen molar-refractivity contribution in [3.63, 3.8) is 0 Å². The Balaban J connectivity index is 1.98. The zero-order valence-corrected chi connectivity index (χ0v) is 11.4. The Morgan fingerprint density at radius 1 is 1.50 bits per heavy atom. The third-order valence-corrected chi connectivity index (χ3v) is 3.80. The van der Waals surface area contributed by atoms with Crippen molar-refractivity contribution >= 4 is 17.4 Å². The average Bonchev–Trinajstić information content (AvgIpc) is 2.99. The summed E-state index contributed by atoms with van der Waals surface area (Å²) < 4.78 is 1.76. The third kappa shape index (κ3) is 2.14. The van der Waals surface area contributed by atoms with E-state index >= 15 is 0 Å². The fourth-order valence-electron chi connectivity index (χ4n) is 1.93. The third-order valence-electron chi connectivity index (χ3n) is 2.80. The summed E-state index contributed by atoms with van der Waals surface area (Å²) in [6.07, 6.45) is 3.97. The number of hydrogen-bond donors (Lipinski definition) is 1. The molecular formula is C12H11N5O2S. The molecule has 102 valence electrons. The van der Waals surface area contributed by atoms with E-state index in [0.717, 1.165) is 5.16 Å². The number of benzene rings is 1. The summed E-state index contributed by atoms with van der Waals surface area (Å²) in [6.45, 7) is 1.95. The lowest BCUT2D eigenvalue weighted by Crippen LogP contribution is -2.17. The normalized spacial score (nSPS) is 17.1. The largest absolute Gasteiger partial charge is 0.305 e. The van der Waals surface area contributed by atoms with Crippen LogP contribution in [0.2, 0.25) is 0 Å². The van der Waals surface area contributed by atoms with Crippen LogP contribution in [0, 0.1) is 10.1 Å². The quantitative estimate of drug-likeness (QED) is 0.530. The second-order valence-electron chi connectivity index (χ2n) is 4.14. The molecule has 0 radical (unpaired) electrons.